The average Bonchev–Trinajstić information content (AvgIpc) is 2.79. The number of nitrogens with two attached hydrogens (primary N) is 1. The number of hydrogen-bond donors (Lipinski definition) is 1. The predicted octanol–water partition coefficient (Wildman–Crippen LogP) is 4.77. The van der Waals surface area contributed by atoms with Crippen molar-refractivity contribution in [3.05, 3.63) is 117 Å². The van der Waals surface area contributed by atoms with Crippen LogP contribution in [0.15, 0.2) is 83.7 Å². The highest BCUT2D eigenvalue weighted by molar-refractivity contribution is 5.63. The van der Waals surface area contributed by atoms with Gasteiger partial charge in [0.15, 0.2) is 0 Å². The number of hydrogen-bond acceptors (Lipinski definition) is 3. The second-order valence-electron chi connectivity index (χ2n) is 7.56. The number of aromatic nitrogens is 2. The third-order valence-electron chi connectivity index (χ3n) is 5.45. The Morgan fingerprint density at radius 3 is 2.23 bits per heavy atom. The Morgan fingerprint density at radius 2 is 1.55 bits per heavy atom. The normalized spacial score (nSPS) is 10.9. The SMILES string of the molecule is Cc1nc(-c2cccc(F)c2Cc2ccccc2)n(CCc2ccccc2)c(=O)c1N. The van der Waals surface area contributed by atoms with E-state index in [0.29, 0.717) is 42.0 Å². The maximum atomic E-state index is 14.9. The Morgan fingerprint density at radius 1 is 0.903 bits per heavy atom. The second-order valence-corrected chi connectivity index (χ2v) is 7.56. The summed E-state index contributed by atoms with van der Waals surface area (Å²) in [5.41, 5.74) is 9.50. The van der Waals surface area contributed by atoms with Crippen LogP contribution in [0.2, 0.25) is 0 Å². The Bertz CT molecular complexity index is 1250. The average molecular weight is 413 g/mol. The summed E-state index contributed by atoms with van der Waals surface area (Å²) in [6.45, 7) is 2.11. The van der Waals surface area contributed by atoms with Crippen LogP contribution in [-0.4, -0.2) is 9.55 Å². The lowest BCUT2D eigenvalue weighted by molar-refractivity contribution is 0.612. The van der Waals surface area contributed by atoms with E-state index in [9.17, 15) is 9.18 Å². The van der Waals surface area contributed by atoms with E-state index in [2.05, 4.69) is 4.98 Å². The van der Waals surface area contributed by atoms with E-state index in [1.807, 2.05) is 66.7 Å². The van der Waals surface area contributed by atoms with Crippen molar-refractivity contribution in [1.29, 1.82) is 0 Å². The van der Waals surface area contributed by atoms with Crippen molar-refractivity contribution in [2.75, 3.05) is 5.73 Å². The number of halogens is 1. The molecular weight excluding hydrogens is 389 g/mol. The molecule has 0 saturated carbocycles. The van der Waals surface area contributed by atoms with Crippen molar-refractivity contribution in [1.82, 2.24) is 9.55 Å². The summed E-state index contributed by atoms with van der Waals surface area (Å²) in [7, 11) is 0. The second kappa shape index (κ2) is 8.96. The smallest absolute Gasteiger partial charge is 0.277 e. The molecule has 31 heavy (non-hydrogen) atoms. The Labute approximate surface area is 180 Å². The van der Waals surface area contributed by atoms with Gasteiger partial charge < -0.3 is 5.73 Å². The third kappa shape index (κ3) is 4.40. The third-order valence-corrected chi connectivity index (χ3v) is 5.45. The quantitative estimate of drug-likeness (QED) is 0.495. The molecule has 0 bridgehead atoms. The minimum absolute atomic E-state index is 0.123. The van der Waals surface area contributed by atoms with Crippen molar-refractivity contribution in [3.63, 3.8) is 0 Å². The molecule has 5 heteroatoms. The number of nitrogens with zero attached hydrogens (tertiary/aromatic N) is 2. The van der Waals surface area contributed by atoms with Gasteiger partial charge in [-0.25, -0.2) is 9.37 Å². The lowest BCUT2D eigenvalue weighted by Crippen LogP contribution is -2.28. The zero-order valence-corrected chi connectivity index (χ0v) is 17.4. The van der Waals surface area contributed by atoms with E-state index < -0.39 is 0 Å². The fourth-order valence-electron chi connectivity index (χ4n) is 3.72. The van der Waals surface area contributed by atoms with Gasteiger partial charge in [0.2, 0.25) is 0 Å². The van der Waals surface area contributed by atoms with Crippen molar-refractivity contribution in [2.24, 2.45) is 0 Å². The van der Waals surface area contributed by atoms with E-state index in [-0.39, 0.29) is 17.1 Å². The van der Waals surface area contributed by atoms with E-state index >= 15 is 0 Å². The number of benzene rings is 3. The first-order valence-electron chi connectivity index (χ1n) is 10.3. The Balaban J connectivity index is 1.82. The maximum Gasteiger partial charge on any atom is 0.277 e. The monoisotopic (exact) mass is 413 g/mol. The maximum absolute atomic E-state index is 14.9. The summed E-state index contributed by atoms with van der Waals surface area (Å²) in [5.74, 6) is 0.123. The molecule has 1 heterocycles. The van der Waals surface area contributed by atoms with Crippen LogP contribution in [0, 0.1) is 12.7 Å². The molecule has 0 aliphatic carbocycles. The first kappa shape index (κ1) is 20.5. The van der Waals surface area contributed by atoms with Crippen LogP contribution in [0.5, 0.6) is 0 Å². The topological polar surface area (TPSA) is 60.9 Å². The van der Waals surface area contributed by atoms with Crippen LogP contribution in [0.3, 0.4) is 0 Å². The standard InChI is InChI=1S/C26H24FN3O/c1-18-24(28)26(31)30(16-15-19-9-4-2-5-10-19)25(29-18)21-13-8-14-23(27)22(21)17-20-11-6-3-7-12-20/h2-14H,15-17,28H2,1H3. The van der Waals surface area contributed by atoms with Gasteiger partial charge in [-0.2, -0.15) is 0 Å². The van der Waals surface area contributed by atoms with Crippen LogP contribution in [0.4, 0.5) is 10.1 Å². The zero-order chi connectivity index (χ0) is 21.8. The number of anilines is 1. The van der Waals surface area contributed by atoms with Gasteiger partial charge in [-0.15, -0.1) is 0 Å². The molecule has 0 saturated heterocycles. The lowest BCUT2D eigenvalue weighted by Gasteiger charge is -2.17. The highest BCUT2D eigenvalue weighted by Gasteiger charge is 2.19. The molecule has 0 amide bonds. The molecule has 2 N–H and O–H groups in total. The Kier molecular flexibility index (Phi) is 5.94. The lowest BCUT2D eigenvalue weighted by atomic mass is 9.98. The number of aryl methyl sites for hydroxylation is 2. The van der Waals surface area contributed by atoms with Crippen LogP contribution < -0.4 is 11.3 Å². The van der Waals surface area contributed by atoms with Crippen LogP contribution in [-0.2, 0) is 19.4 Å². The molecule has 0 aliphatic rings. The molecule has 0 fully saturated rings. The molecule has 3 aromatic carbocycles. The molecular formula is C26H24FN3O. The molecule has 1 aromatic heterocycles. The molecule has 4 rings (SSSR count). The Hall–Kier alpha value is -3.73. The van der Waals surface area contributed by atoms with E-state index in [1.165, 1.54) is 6.07 Å². The number of rotatable bonds is 6. The minimum Gasteiger partial charge on any atom is -0.393 e. The van der Waals surface area contributed by atoms with Gasteiger partial charge in [0.1, 0.15) is 17.3 Å². The molecule has 4 nitrogen and oxygen atoms in total. The van der Waals surface area contributed by atoms with Crippen molar-refractivity contribution < 1.29 is 4.39 Å². The number of nitrogen functional groups attached to an aromatic ring is 1. The van der Waals surface area contributed by atoms with E-state index in [0.717, 1.165) is 11.1 Å². The van der Waals surface area contributed by atoms with Gasteiger partial charge in [-0.3, -0.25) is 9.36 Å². The molecule has 0 atom stereocenters. The van der Waals surface area contributed by atoms with Crippen LogP contribution in [0.1, 0.15) is 22.4 Å². The summed E-state index contributed by atoms with van der Waals surface area (Å²) in [5, 5.41) is 0. The highest BCUT2D eigenvalue weighted by atomic mass is 19.1. The summed E-state index contributed by atoms with van der Waals surface area (Å²) < 4.78 is 16.5. The first-order chi connectivity index (χ1) is 15.0. The fourth-order valence-corrected chi connectivity index (χ4v) is 3.72. The van der Waals surface area contributed by atoms with Gasteiger partial charge >= 0.3 is 0 Å². The summed E-state index contributed by atoms with van der Waals surface area (Å²) in [6, 6.07) is 24.5. The van der Waals surface area contributed by atoms with Crippen LogP contribution >= 0.6 is 0 Å². The molecule has 156 valence electrons. The van der Waals surface area contributed by atoms with Crippen molar-refractivity contribution in [2.45, 2.75) is 26.3 Å². The zero-order valence-electron chi connectivity index (χ0n) is 17.4. The van der Waals surface area contributed by atoms with E-state index in [1.54, 1.807) is 17.6 Å². The fraction of sp³-hybridized carbons (Fsp3) is 0.154. The summed E-state index contributed by atoms with van der Waals surface area (Å²) >= 11 is 0. The predicted molar refractivity (Wildman–Crippen MR) is 122 cm³/mol. The molecule has 4 aromatic rings. The highest BCUT2D eigenvalue weighted by Crippen LogP contribution is 2.27. The van der Waals surface area contributed by atoms with Gasteiger partial charge in [0, 0.05) is 24.1 Å². The van der Waals surface area contributed by atoms with Gasteiger partial charge in [-0.05, 0) is 30.5 Å². The molecule has 0 radical (unpaired) electrons. The molecule has 0 unspecified atom stereocenters. The van der Waals surface area contributed by atoms with Gasteiger partial charge in [-0.1, -0.05) is 72.8 Å². The summed E-state index contributed by atoms with van der Waals surface area (Å²) in [4.78, 5) is 17.7. The van der Waals surface area contributed by atoms with Gasteiger partial charge in [0.25, 0.3) is 5.56 Å². The van der Waals surface area contributed by atoms with Crippen molar-refractivity contribution >= 4 is 5.69 Å². The van der Waals surface area contributed by atoms with E-state index in [4.69, 9.17) is 5.73 Å². The minimum atomic E-state index is -0.320. The van der Waals surface area contributed by atoms with Gasteiger partial charge in [0.05, 0.1) is 5.69 Å². The van der Waals surface area contributed by atoms with Crippen LogP contribution in [0.25, 0.3) is 11.4 Å². The largest absolute Gasteiger partial charge is 0.393 e. The van der Waals surface area contributed by atoms with Crippen molar-refractivity contribution in [3.8, 4) is 11.4 Å². The molecule has 0 spiro atoms. The first-order valence-corrected chi connectivity index (χ1v) is 10.3. The molecule has 0 aliphatic heterocycles. The summed E-state index contributed by atoms with van der Waals surface area (Å²) in [6.07, 6.45) is 1.04.